The molecule has 2 saturated heterocycles. The third-order valence-electron chi connectivity index (χ3n) is 6.47. The topological polar surface area (TPSA) is 225 Å². The first-order valence-corrected chi connectivity index (χ1v) is 13.3. The average molecular weight is 575 g/mol. The Bertz CT molecular complexity index is 1310. The van der Waals surface area contributed by atoms with Crippen molar-refractivity contribution in [1.29, 1.82) is 0 Å². The van der Waals surface area contributed by atoms with E-state index >= 15 is 4.39 Å². The molecule has 0 radical (unpaired) electrons. The molecule has 2 aliphatic rings. The number of phosphoric acid groups is 1. The van der Waals surface area contributed by atoms with Gasteiger partial charge in [0.2, 0.25) is 11.9 Å². The number of fused-ring (bicyclic) bond motifs is 1. The smallest absolute Gasteiger partial charge is 0.469 e. The second-order valence-corrected chi connectivity index (χ2v) is 11.6. The lowest BCUT2D eigenvalue weighted by atomic mass is 9.87. The van der Waals surface area contributed by atoms with Crippen molar-refractivity contribution in [2.24, 2.45) is 5.41 Å². The van der Waals surface area contributed by atoms with Crippen LogP contribution >= 0.6 is 7.82 Å². The number of aromatic nitrogens is 4. The average Bonchev–Trinajstić information content (AvgIpc) is 3.37. The molecule has 6 N–H and O–H groups in total. The Morgan fingerprint density at radius 1 is 1.33 bits per heavy atom. The minimum Gasteiger partial charge on any atom is -0.469 e. The highest BCUT2D eigenvalue weighted by molar-refractivity contribution is 7.48. The minimum absolute atomic E-state index is 0.0215. The van der Waals surface area contributed by atoms with E-state index in [1.165, 1.54) is 18.0 Å². The Kier molecular flexibility index (Phi) is 7.86. The summed E-state index contributed by atoms with van der Waals surface area (Å²) in [5.41, 5.74) is 8.42. The first kappa shape index (κ1) is 29.0. The number of amides is 1. The summed E-state index contributed by atoms with van der Waals surface area (Å²) in [5, 5.41) is 13.2. The number of ether oxygens (including phenoxy) is 2. The number of halogens is 1. The van der Waals surface area contributed by atoms with Crippen LogP contribution < -0.4 is 16.8 Å². The number of phosphoric ester groups is 1. The molecule has 2 aromatic rings. The standard InChI is InChI=1S/C21H31FN7O9P/c1-20(2)8-36-39(33,38-14(20)17(32)25-6-5-11(30)34-4)35-7-10-13(31)21(3,22)18(37-10)29-9-26-12-15(23)27-19(24)28-16(12)29/h9-10,13-14,18,31H,5-8H2,1-4H3,(H,25,32)(H4,23,24,27,28)/t10-,13+,14+,18-,21+,39?/m1/s1. The number of nitrogens with one attached hydrogen (secondary N) is 1. The van der Waals surface area contributed by atoms with Crippen LogP contribution in [0, 0.1) is 5.41 Å². The van der Waals surface area contributed by atoms with E-state index in [0.29, 0.717) is 0 Å². The zero-order valence-corrected chi connectivity index (χ0v) is 22.6. The second-order valence-electron chi connectivity index (χ2n) is 10.0. The Balaban J connectivity index is 1.45. The van der Waals surface area contributed by atoms with Crippen molar-refractivity contribution in [1.82, 2.24) is 24.8 Å². The number of aliphatic hydroxyl groups excluding tert-OH is 1. The highest BCUT2D eigenvalue weighted by atomic mass is 31.2. The lowest BCUT2D eigenvalue weighted by molar-refractivity contribution is -0.143. The molecule has 0 saturated carbocycles. The van der Waals surface area contributed by atoms with Crippen molar-refractivity contribution in [3.63, 3.8) is 0 Å². The van der Waals surface area contributed by atoms with Gasteiger partial charge in [-0.3, -0.25) is 27.7 Å². The Hall–Kier alpha value is -2.95. The van der Waals surface area contributed by atoms with Gasteiger partial charge in [0.1, 0.15) is 17.7 Å². The van der Waals surface area contributed by atoms with Gasteiger partial charge in [0.05, 0.1) is 33.1 Å². The van der Waals surface area contributed by atoms with Crippen LogP contribution in [0.1, 0.15) is 33.4 Å². The van der Waals surface area contributed by atoms with Gasteiger partial charge in [0, 0.05) is 12.0 Å². The predicted molar refractivity (Wildman–Crippen MR) is 131 cm³/mol. The number of aliphatic hydroxyl groups is 1. The third-order valence-corrected chi connectivity index (χ3v) is 7.85. The molecule has 0 aliphatic carbocycles. The van der Waals surface area contributed by atoms with Crippen LogP contribution in [0.15, 0.2) is 6.33 Å². The van der Waals surface area contributed by atoms with Gasteiger partial charge in [-0.05, 0) is 6.92 Å². The number of nitrogens with two attached hydrogens (primary N) is 2. The van der Waals surface area contributed by atoms with Gasteiger partial charge < -0.3 is 31.4 Å². The molecule has 216 valence electrons. The number of carbonyl (C=O) groups is 2. The first-order chi connectivity index (χ1) is 18.2. The highest BCUT2D eigenvalue weighted by Crippen LogP contribution is 2.57. The molecule has 0 spiro atoms. The number of esters is 1. The molecular formula is C21H31FN7O9P. The number of hydrogen-bond donors (Lipinski definition) is 4. The molecule has 0 bridgehead atoms. The quantitative estimate of drug-likeness (QED) is 0.244. The van der Waals surface area contributed by atoms with E-state index < -0.39 is 61.9 Å². The summed E-state index contributed by atoms with van der Waals surface area (Å²) in [7, 11) is -3.13. The van der Waals surface area contributed by atoms with Gasteiger partial charge in [0.15, 0.2) is 29.5 Å². The maximum Gasteiger partial charge on any atom is 0.475 e. The molecule has 0 aromatic carbocycles. The SMILES string of the molecule is COC(=O)CCNC(=O)[C@@H]1OP(=O)(OC[C@H]2O[C@@H](n3cnc4c(N)nc(N)nc43)[C@@](C)(F)[C@H]2O)OCC1(C)C. The van der Waals surface area contributed by atoms with E-state index in [1.807, 2.05) is 0 Å². The monoisotopic (exact) mass is 575 g/mol. The number of hydrogen-bond acceptors (Lipinski definition) is 14. The van der Waals surface area contributed by atoms with Crippen LogP contribution in [0.3, 0.4) is 0 Å². The van der Waals surface area contributed by atoms with Crippen LogP contribution in [-0.2, 0) is 37.2 Å². The minimum atomic E-state index is -4.35. The van der Waals surface area contributed by atoms with E-state index in [0.717, 1.165) is 6.92 Å². The summed E-state index contributed by atoms with van der Waals surface area (Å²) >= 11 is 0. The third kappa shape index (κ3) is 5.69. The largest absolute Gasteiger partial charge is 0.475 e. The summed E-state index contributed by atoms with van der Waals surface area (Å²) in [6.45, 7) is 3.59. The molecular weight excluding hydrogens is 544 g/mol. The van der Waals surface area contributed by atoms with Gasteiger partial charge >= 0.3 is 13.8 Å². The lowest BCUT2D eigenvalue weighted by Crippen LogP contribution is -2.50. The summed E-state index contributed by atoms with van der Waals surface area (Å²) < 4.78 is 56.6. The van der Waals surface area contributed by atoms with Crippen molar-refractivity contribution < 1.29 is 46.7 Å². The van der Waals surface area contributed by atoms with Crippen LogP contribution in [0.2, 0.25) is 0 Å². The molecule has 2 fully saturated rings. The van der Waals surface area contributed by atoms with E-state index in [2.05, 4.69) is 25.0 Å². The van der Waals surface area contributed by atoms with Crippen LogP contribution in [0.4, 0.5) is 16.2 Å². The molecule has 1 unspecified atom stereocenters. The molecule has 16 nitrogen and oxygen atoms in total. The second kappa shape index (κ2) is 10.6. The molecule has 18 heteroatoms. The maximum absolute atomic E-state index is 15.7. The molecule has 4 rings (SSSR count). The lowest BCUT2D eigenvalue weighted by Gasteiger charge is -2.39. The molecule has 4 heterocycles. The zero-order valence-electron chi connectivity index (χ0n) is 21.7. The first-order valence-electron chi connectivity index (χ1n) is 11.9. The van der Waals surface area contributed by atoms with Crippen molar-refractivity contribution >= 4 is 42.6 Å². The van der Waals surface area contributed by atoms with Crippen LogP contribution in [0.25, 0.3) is 11.2 Å². The maximum atomic E-state index is 15.7. The van der Waals surface area contributed by atoms with E-state index in [9.17, 15) is 19.3 Å². The Labute approximate surface area is 222 Å². The number of alkyl halides is 1. The number of imidazole rings is 1. The number of anilines is 2. The fraction of sp³-hybridized carbons (Fsp3) is 0.667. The number of carbonyl (C=O) groups excluding carboxylic acids is 2. The van der Waals surface area contributed by atoms with Crippen molar-refractivity contribution in [2.45, 2.75) is 57.4 Å². The number of nitrogen functional groups attached to an aromatic ring is 2. The van der Waals surface area contributed by atoms with E-state index in [4.69, 9.17) is 29.8 Å². The van der Waals surface area contributed by atoms with Gasteiger partial charge in [-0.15, -0.1) is 0 Å². The summed E-state index contributed by atoms with van der Waals surface area (Å²) in [6, 6.07) is 0. The molecule has 6 atom stereocenters. The normalized spacial score (nSPS) is 32.3. The Morgan fingerprint density at radius 2 is 2.05 bits per heavy atom. The van der Waals surface area contributed by atoms with Gasteiger partial charge in [-0.25, -0.2) is 13.9 Å². The van der Waals surface area contributed by atoms with Gasteiger partial charge in [-0.2, -0.15) is 9.97 Å². The molecule has 39 heavy (non-hydrogen) atoms. The summed E-state index contributed by atoms with van der Waals surface area (Å²) in [6.07, 6.45) is -4.65. The predicted octanol–water partition coefficient (Wildman–Crippen LogP) is 0.223. The van der Waals surface area contributed by atoms with Crippen LogP contribution in [0.5, 0.6) is 0 Å². The number of rotatable bonds is 8. The Morgan fingerprint density at radius 3 is 2.74 bits per heavy atom. The zero-order chi connectivity index (χ0) is 28.8. The summed E-state index contributed by atoms with van der Waals surface area (Å²) in [5.74, 6) is -1.35. The van der Waals surface area contributed by atoms with E-state index in [1.54, 1.807) is 13.8 Å². The highest BCUT2D eigenvalue weighted by Gasteiger charge is 2.57. The fourth-order valence-corrected chi connectivity index (χ4v) is 5.87. The summed E-state index contributed by atoms with van der Waals surface area (Å²) in [4.78, 5) is 36.0. The molecule has 2 aromatic heterocycles. The van der Waals surface area contributed by atoms with Crippen molar-refractivity contribution in [2.75, 3.05) is 38.3 Å². The molecule has 2 aliphatic heterocycles. The van der Waals surface area contributed by atoms with E-state index in [-0.39, 0.29) is 42.5 Å². The fourth-order valence-electron chi connectivity index (χ4n) is 4.22. The van der Waals surface area contributed by atoms with Gasteiger partial charge in [0.25, 0.3) is 0 Å². The van der Waals surface area contributed by atoms with Crippen LogP contribution in [-0.4, -0.2) is 87.4 Å². The molecule has 1 amide bonds. The van der Waals surface area contributed by atoms with Crippen molar-refractivity contribution in [3.8, 4) is 0 Å². The number of methoxy groups -OCH3 is 1. The number of nitrogens with zero attached hydrogens (tertiary/aromatic N) is 4. The van der Waals surface area contributed by atoms with Crippen molar-refractivity contribution in [3.05, 3.63) is 6.33 Å². The van der Waals surface area contributed by atoms with Gasteiger partial charge in [-0.1, -0.05) is 13.8 Å².